The van der Waals surface area contributed by atoms with Crippen LogP contribution in [0.4, 0.5) is 0 Å². The first-order valence-corrected chi connectivity index (χ1v) is 10.3. The molecule has 0 spiro atoms. The van der Waals surface area contributed by atoms with Gasteiger partial charge in [0.2, 0.25) is 0 Å². The van der Waals surface area contributed by atoms with E-state index in [4.69, 9.17) is 9.57 Å². The number of hydrogen-bond acceptors (Lipinski definition) is 3. The normalized spacial score (nSPS) is 16.6. The molecule has 3 aromatic rings. The average Bonchev–Trinajstić information content (AvgIpc) is 3.11. The molecule has 0 amide bonds. The molecule has 1 aliphatic carbocycles. The molecule has 0 bridgehead atoms. The number of nitrogens with zero attached hydrogens (tertiary/aromatic N) is 1. The second-order valence-electron chi connectivity index (χ2n) is 7.50. The highest BCUT2D eigenvalue weighted by Gasteiger charge is 2.28. The van der Waals surface area contributed by atoms with Crippen LogP contribution in [0, 0.1) is 0 Å². The van der Waals surface area contributed by atoms with Crippen molar-refractivity contribution in [2.75, 3.05) is 7.11 Å². The number of fused-ring (bicyclic) bond motifs is 1. The number of ether oxygens (including phenoxy) is 1. The van der Waals surface area contributed by atoms with Crippen LogP contribution in [0.3, 0.4) is 0 Å². The van der Waals surface area contributed by atoms with Crippen molar-refractivity contribution in [3.05, 3.63) is 101 Å². The standard InChI is InChI=1S/C26H27NO2/c1-28-27-26-18-22-11-5-6-12-24(22)25(26)13-7-10-20-14-16-23(17-15-20)29-19-21-8-3-2-4-9-21/h2-6,8-9,11-12,14-17,25H,7,10,13,18-19H2,1H3. The molecule has 1 aliphatic rings. The van der Waals surface area contributed by atoms with Gasteiger partial charge in [-0.2, -0.15) is 0 Å². The molecule has 0 saturated carbocycles. The van der Waals surface area contributed by atoms with Crippen LogP contribution in [0.1, 0.15) is 41.0 Å². The Morgan fingerprint density at radius 3 is 2.41 bits per heavy atom. The fourth-order valence-electron chi connectivity index (χ4n) is 4.07. The molecule has 0 radical (unpaired) electrons. The lowest BCUT2D eigenvalue weighted by atomic mass is 9.93. The number of hydrogen-bond donors (Lipinski definition) is 0. The first-order chi connectivity index (χ1) is 14.3. The smallest absolute Gasteiger partial charge is 0.119 e. The van der Waals surface area contributed by atoms with Gasteiger partial charge in [-0.25, -0.2) is 0 Å². The Morgan fingerprint density at radius 2 is 1.62 bits per heavy atom. The Balaban J connectivity index is 1.30. The Kier molecular flexibility index (Phi) is 6.25. The maximum atomic E-state index is 5.88. The molecule has 3 nitrogen and oxygen atoms in total. The van der Waals surface area contributed by atoms with Crippen LogP contribution in [-0.2, 0) is 24.3 Å². The van der Waals surface area contributed by atoms with Crippen molar-refractivity contribution >= 4 is 5.71 Å². The molecular weight excluding hydrogens is 358 g/mol. The van der Waals surface area contributed by atoms with Crippen molar-refractivity contribution in [1.29, 1.82) is 0 Å². The molecule has 3 aromatic carbocycles. The third-order valence-electron chi connectivity index (χ3n) is 5.54. The summed E-state index contributed by atoms with van der Waals surface area (Å²) in [5.74, 6) is 1.29. The zero-order chi connectivity index (χ0) is 19.9. The lowest BCUT2D eigenvalue weighted by molar-refractivity contribution is 0.211. The monoisotopic (exact) mass is 385 g/mol. The first kappa shape index (κ1) is 19.3. The summed E-state index contributed by atoms with van der Waals surface area (Å²) in [5, 5.41) is 4.30. The highest BCUT2D eigenvalue weighted by atomic mass is 16.6. The predicted octanol–water partition coefficient (Wildman–Crippen LogP) is 5.93. The summed E-state index contributed by atoms with van der Waals surface area (Å²) >= 11 is 0. The molecular formula is C26H27NO2. The van der Waals surface area contributed by atoms with Crippen LogP contribution in [0.15, 0.2) is 84.0 Å². The quantitative estimate of drug-likeness (QED) is 0.450. The molecule has 0 aromatic heterocycles. The molecule has 0 heterocycles. The number of benzene rings is 3. The third kappa shape index (κ3) is 4.86. The molecule has 1 unspecified atom stereocenters. The van der Waals surface area contributed by atoms with Gasteiger partial charge in [-0.15, -0.1) is 0 Å². The highest BCUT2D eigenvalue weighted by Crippen LogP contribution is 2.35. The summed E-state index contributed by atoms with van der Waals surface area (Å²) < 4.78 is 5.88. The molecule has 1 atom stereocenters. The zero-order valence-corrected chi connectivity index (χ0v) is 16.9. The lowest BCUT2D eigenvalue weighted by Gasteiger charge is -2.13. The van der Waals surface area contributed by atoms with E-state index >= 15 is 0 Å². The van der Waals surface area contributed by atoms with E-state index in [0.717, 1.165) is 37.1 Å². The van der Waals surface area contributed by atoms with E-state index in [-0.39, 0.29) is 0 Å². The van der Waals surface area contributed by atoms with E-state index in [9.17, 15) is 0 Å². The van der Waals surface area contributed by atoms with Crippen molar-refractivity contribution < 1.29 is 9.57 Å². The van der Waals surface area contributed by atoms with Crippen molar-refractivity contribution in [3.63, 3.8) is 0 Å². The van der Waals surface area contributed by atoms with E-state index < -0.39 is 0 Å². The van der Waals surface area contributed by atoms with Crippen LogP contribution in [0.25, 0.3) is 0 Å². The van der Waals surface area contributed by atoms with Gasteiger partial charge in [0.15, 0.2) is 0 Å². The number of rotatable bonds is 8. The van der Waals surface area contributed by atoms with Crippen LogP contribution in [0.2, 0.25) is 0 Å². The SMILES string of the molecule is CON=C1Cc2ccccc2C1CCCc1ccc(OCc2ccccc2)cc1. The molecule has 0 saturated heterocycles. The number of oxime groups is 1. The molecule has 148 valence electrons. The second-order valence-corrected chi connectivity index (χ2v) is 7.50. The van der Waals surface area contributed by atoms with Crippen molar-refractivity contribution in [2.45, 2.75) is 38.2 Å². The summed E-state index contributed by atoms with van der Waals surface area (Å²) in [6.07, 6.45) is 4.16. The fourth-order valence-corrected chi connectivity index (χ4v) is 4.07. The number of aryl methyl sites for hydroxylation is 1. The van der Waals surface area contributed by atoms with Gasteiger partial charge in [0.05, 0.1) is 5.71 Å². The van der Waals surface area contributed by atoms with Crippen LogP contribution in [-0.4, -0.2) is 12.8 Å². The molecule has 0 fully saturated rings. The molecule has 0 aliphatic heterocycles. The van der Waals surface area contributed by atoms with Crippen molar-refractivity contribution in [3.8, 4) is 5.75 Å². The van der Waals surface area contributed by atoms with Gasteiger partial charge >= 0.3 is 0 Å². The summed E-state index contributed by atoms with van der Waals surface area (Å²) in [5.41, 5.74) is 6.47. The minimum Gasteiger partial charge on any atom is -0.489 e. The first-order valence-electron chi connectivity index (χ1n) is 10.3. The lowest BCUT2D eigenvalue weighted by Crippen LogP contribution is -2.08. The second kappa shape index (κ2) is 9.42. The summed E-state index contributed by atoms with van der Waals surface area (Å²) in [4.78, 5) is 5.09. The van der Waals surface area contributed by atoms with Crippen molar-refractivity contribution in [1.82, 2.24) is 0 Å². The maximum Gasteiger partial charge on any atom is 0.119 e. The summed E-state index contributed by atoms with van der Waals surface area (Å²) in [7, 11) is 1.63. The molecule has 29 heavy (non-hydrogen) atoms. The summed E-state index contributed by atoms with van der Waals surface area (Å²) in [6, 6.07) is 27.4. The zero-order valence-electron chi connectivity index (χ0n) is 16.9. The topological polar surface area (TPSA) is 30.8 Å². The average molecular weight is 386 g/mol. The van der Waals surface area contributed by atoms with Gasteiger partial charge in [-0.1, -0.05) is 71.9 Å². The van der Waals surface area contributed by atoms with E-state index in [0.29, 0.717) is 12.5 Å². The largest absolute Gasteiger partial charge is 0.489 e. The van der Waals surface area contributed by atoms with Crippen LogP contribution < -0.4 is 4.74 Å². The van der Waals surface area contributed by atoms with Crippen molar-refractivity contribution in [2.24, 2.45) is 5.16 Å². The van der Waals surface area contributed by atoms with E-state index in [2.05, 4.69) is 65.8 Å². The fraction of sp³-hybridized carbons (Fsp3) is 0.269. The Morgan fingerprint density at radius 1 is 0.862 bits per heavy atom. The van der Waals surface area contributed by atoms with E-state index in [1.165, 1.54) is 22.3 Å². The minimum atomic E-state index is 0.375. The molecule has 4 rings (SSSR count). The maximum absolute atomic E-state index is 5.88. The van der Waals surface area contributed by atoms with E-state index in [1.807, 2.05) is 18.2 Å². The van der Waals surface area contributed by atoms with Gasteiger partial charge in [-0.3, -0.25) is 0 Å². The van der Waals surface area contributed by atoms with E-state index in [1.54, 1.807) is 7.11 Å². The summed E-state index contributed by atoms with van der Waals surface area (Å²) in [6.45, 7) is 0.600. The van der Waals surface area contributed by atoms with Gasteiger partial charge in [0.25, 0.3) is 0 Å². The molecule has 3 heteroatoms. The third-order valence-corrected chi connectivity index (χ3v) is 5.54. The van der Waals surface area contributed by atoms with Crippen LogP contribution in [0.5, 0.6) is 5.75 Å². The Labute approximate surface area is 173 Å². The Bertz CT molecular complexity index is 948. The predicted molar refractivity (Wildman–Crippen MR) is 117 cm³/mol. The molecule has 0 N–H and O–H groups in total. The van der Waals surface area contributed by atoms with Gasteiger partial charge < -0.3 is 9.57 Å². The van der Waals surface area contributed by atoms with Gasteiger partial charge in [-0.05, 0) is 53.6 Å². The minimum absolute atomic E-state index is 0.375. The van der Waals surface area contributed by atoms with Gasteiger partial charge in [0, 0.05) is 12.3 Å². The van der Waals surface area contributed by atoms with Gasteiger partial charge in [0.1, 0.15) is 19.5 Å². The Hall–Kier alpha value is -3.07. The van der Waals surface area contributed by atoms with Crippen LogP contribution >= 0.6 is 0 Å². The highest BCUT2D eigenvalue weighted by molar-refractivity contribution is 5.96.